The standard InChI is InChI=1S/C18H24N2O4/c1-13-5-6-14-15(11-13)24-16(12-17(21)22)18(23)20(14)10-9-19-7-3-2-4-8-19/h5-6,11,16H,2-4,7-10,12H2,1H3,(H,21,22). The minimum atomic E-state index is -1.03. The molecule has 1 unspecified atom stereocenters. The Hall–Kier alpha value is -2.08. The second kappa shape index (κ2) is 7.21. The molecule has 1 atom stereocenters. The number of carbonyl (C=O) groups is 2. The summed E-state index contributed by atoms with van der Waals surface area (Å²) < 4.78 is 5.67. The van der Waals surface area contributed by atoms with E-state index in [0.717, 1.165) is 30.9 Å². The van der Waals surface area contributed by atoms with Gasteiger partial charge < -0.3 is 19.6 Å². The number of ether oxygens (including phenoxy) is 1. The van der Waals surface area contributed by atoms with Crippen LogP contribution in [-0.4, -0.2) is 54.2 Å². The molecular weight excluding hydrogens is 308 g/mol. The molecule has 1 aromatic rings. The number of hydrogen-bond acceptors (Lipinski definition) is 4. The molecule has 0 aromatic heterocycles. The Kier molecular flexibility index (Phi) is 5.04. The van der Waals surface area contributed by atoms with Gasteiger partial charge in [0.1, 0.15) is 5.75 Å². The summed E-state index contributed by atoms with van der Waals surface area (Å²) in [4.78, 5) is 27.8. The number of carboxylic acids is 1. The number of benzene rings is 1. The molecule has 0 spiro atoms. The molecule has 2 aliphatic heterocycles. The van der Waals surface area contributed by atoms with Gasteiger partial charge in [0.15, 0.2) is 6.10 Å². The summed E-state index contributed by atoms with van der Waals surface area (Å²) in [7, 11) is 0. The SMILES string of the molecule is Cc1ccc2c(c1)OC(CC(=O)O)C(=O)N2CCN1CCCCC1. The fourth-order valence-electron chi connectivity index (χ4n) is 3.38. The van der Waals surface area contributed by atoms with Crippen LogP contribution in [0.3, 0.4) is 0 Å². The van der Waals surface area contributed by atoms with Crippen LogP contribution in [0.15, 0.2) is 18.2 Å². The maximum absolute atomic E-state index is 12.7. The van der Waals surface area contributed by atoms with Crippen molar-refractivity contribution in [1.29, 1.82) is 0 Å². The van der Waals surface area contributed by atoms with E-state index >= 15 is 0 Å². The van der Waals surface area contributed by atoms with Crippen LogP contribution in [0.2, 0.25) is 0 Å². The minimum Gasteiger partial charge on any atom is -0.481 e. The Morgan fingerprint density at radius 1 is 1.25 bits per heavy atom. The molecule has 1 aromatic carbocycles. The Labute approximate surface area is 142 Å². The van der Waals surface area contributed by atoms with Gasteiger partial charge in [-0.25, -0.2) is 0 Å². The highest BCUT2D eigenvalue weighted by Gasteiger charge is 2.35. The lowest BCUT2D eigenvalue weighted by Crippen LogP contribution is -2.49. The first-order valence-corrected chi connectivity index (χ1v) is 8.57. The summed E-state index contributed by atoms with van der Waals surface area (Å²) >= 11 is 0. The van der Waals surface area contributed by atoms with Crippen LogP contribution in [0.25, 0.3) is 0 Å². The van der Waals surface area contributed by atoms with Gasteiger partial charge in [0.2, 0.25) is 0 Å². The number of amides is 1. The Morgan fingerprint density at radius 2 is 2.00 bits per heavy atom. The summed E-state index contributed by atoms with van der Waals surface area (Å²) in [6, 6.07) is 5.70. The number of aliphatic carboxylic acids is 1. The van der Waals surface area contributed by atoms with Crippen molar-refractivity contribution < 1.29 is 19.4 Å². The van der Waals surface area contributed by atoms with Gasteiger partial charge >= 0.3 is 5.97 Å². The first-order chi connectivity index (χ1) is 11.5. The van der Waals surface area contributed by atoms with Crippen LogP contribution in [0.4, 0.5) is 5.69 Å². The number of nitrogens with zero attached hydrogens (tertiary/aromatic N) is 2. The lowest BCUT2D eigenvalue weighted by Gasteiger charge is -2.36. The molecule has 1 saturated heterocycles. The van der Waals surface area contributed by atoms with E-state index in [1.165, 1.54) is 19.3 Å². The largest absolute Gasteiger partial charge is 0.481 e. The predicted octanol–water partition coefficient (Wildman–Crippen LogP) is 2.05. The van der Waals surface area contributed by atoms with Gasteiger partial charge in [0.25, 0.3) is 5.91 Å². The van der Waals surface area contributed by atoms with E-state index in [-0.39, 0.29) is 12.3 Å². The number of carbonyl (C=O) groups excluding carboxylic acids is 1. The van der Waals surface area contributed by atoms with E-state index < -0.39 is 12.1 Å². The zero-order valence-corrected chi connectivity index (χ0v) is 14.0. The summed E-state index contributed by atoms with van der Waals surface area (Å²) in [6.45, 7) is 5.45. The summed E-state index contributed by atoms with van der Waals surface area (Å²) in [5.41, 5.74) is 1.76. The third kappa shape index (κ3) is 3.70. The normalized spacial score (nSPS) is 21.3. The molecule has 24 heavy (non-hydrogen) atoms. The molecule has 1 N–H and O–H groups in total. The van der Waals surface area contributed by atoms with Gasteiger partial charge in [-0.15, -0.1) is 0 Å². The van der Waals surface area contributed by atoms with Crippen molar-refractivity contribution in [2.75, 3.05) is 31.1 Å². The number of hydrogen-bond donors (Lipinski definition) is 1. The number of rotatable bonds is 5. The maximum atomic E-state index is 12.7. The van der Waals surface area contributed by atoms with Crippen LogP contribution in [-0.2, 0) is 9.59 Å². The van der Waals surface area contributed by atoms with Gasteiger partial charge in [-0.3, -0.25) is 9.59 Å². The molecule has 0 bridgehead atoms. The highest BCUT2D eigenvalue weighted by atomic mass is 16.5. The molecule has 0 aliphatic carbocycles. The molecule has 3 rings (SSSR count). The van der Waals surface area contributed by atoms with E-state index in [1.807, 2.05) is 25.1 Å². The first-order valence-electron chi connectivity index (χ1n) is 8.57. The molecule has 6 heteroatoms. The lowest BCUT2D eigenvalue weighted by atomic mass is 10.1. The summed E-state index contributed by atoms with van der Waals surface area (Å²) in [5.74, 6) is -0.689. The number of piperidine rings is 1. The molecule has 2 heterocycles. The molecule has 130 valence electrons. The zero-order chi connectivity index (χ0) is 17.1. The van der Waals surface area contributed by atoms with Crippen LogP contribution < -0.4 is 9.64 Å². The Balaban J connectivity index is 1.78. The van der Waals surface area contributed by atoms with E-state index in [1.54, 1.807) is 4.90 Å². The number of anilines is 1. The van der Waals surface area contributed by atoms with Crippen molar-refractivity contribution in [1.82, 2.24) is 4.90 Å². The third-order valence-corrected chi connectivity index (χ3v) is 4.67. The lowest BCUT2D eigenvalue weighted by molar-refractivity contribution is -0.142. The van der Waals surface area contributed by atoms with E-state index in [0.29, 0.717) is 12.3 Å². The van der Waals surface area contributed by atoms with Gasteiger partial charge in [-0.1, -0.05) is 12.5 Å². The topological polar surface area (TPSA) is 70.1 Å². The number of likely N-dealkylation sites (tertiary alicyclic amines) is 1. The van der Waals surface area contributed by atoms with Crippen molar-refractivity contribution in [3.8, 4) is 5.75 Å². The average Bonchev–Trinajstić information content (AvgIpc) is 2.55. The Bertz CT molecular complexity index is 625. The second-order valence-electron chi connectivity index (χ2n) is 6.57. The van der Waals surface area contributed by atoms with E-state index in [4.69, 9.17) is 9.84 Å². The minimum absolute atomic E-state index is 0.259. The molecule has 2 aliphatic rings. The van der Waals surface area contributed by atoms with Crippen molar-refractivity contribution in [3.05, 3.63) is 23.8 Å². The summed E-state index contributed by atoms with van der Waals surface area (Å²) in [5, 5.41) is 9.05. The Morgan fingerprint density at radius 3 is 2.71 bits per heavy atom. The average molecular weight is 332 g/mol. The van der Waals surface area contributed by atoms with Gasteiger partial charge in [0, 0.05) is 13.1 Å². The van der Waals surface area contributed by atoms with Crippen molar-refractivity contribution in [2.45, 2.75) is 38.7 Å². The molecule has 1 amide bonds. The molecule has 0 radical (unpaired) electrons. The van der Waals surface area contributed by atoms with Crippen LogP contribution in [0, 0.1) is 6.92 Å². The van der Waals surface area contributed by atoms with Crippen molar-refractivity contribution >= 4 is 17.6 Å². The molecule has 6 nitrogen and oxygen atoms in total. The zero-order valence-electron chi connectivity index (χ0n) is 14.0. The van der Waals surface area contributed by atoms with Gasteiger partial charge in [-0.05, 0) is 50.6 Å². The van der Waals surface area contributed by atoms with Crippen LogP contribution >= 0.6 is 0 Å². The number of aryl methyl sites for hydroxylation is 1. The highest BCUT2D eigenvalue weighted by Crippen LogP contribution is 2.35. The third-order valence-electron chi connectivity index (χ3n) is 4.67. The van der Waals surface area contributed by atoms with Crippen molar-refractivity contribution in [2.24, 2.45) is 0 Å². The molecule has 0 saturated carbocycles. The van der Waals surface area contributed by atoms with Gasteiger partial charge in [-0.2, -0.15) is 0 Å². The molecule has 1 fully saturated rings. The molecular formula is C18H24N2O4. The second-order valence-corrected chi connectivity index (χ2v) is 6.57. The first kappa shape index (κ1) is 16.8. The van der Waals surface area contributed by atoms with Gasteiger partial charge in [0.05, 0.1) is 12.1 Å². The smallest absolute Gasteiger partial charge is 0.307 e. The van der Waals surface area contributed by atoms with E-state index in [9.17, 15) is 9.59 Å². The number of carboxylic acid groups (broad SMARTS) is 1. The van der Waals surface area contributed by atoms with Crippen LogP contribution in [0.5, 0.6) is 5.75 Å². The quantitative estimate of drug-likeness (QED) is 0.894. The number of fused-ring (bicyclic) bond motifs is 1. The monoisotopic (exact) mass is 332 g/mol. The van der Waals surface area contributed by atoms with E-state index in [2.05, 4.69) is 4.90 Å². The predicted molar refractivity (Wildman–Crippen MR) is 90.5 cm³/mol. The fourth-order valence-corrected chi connectivity index (χ4v) is 3.38. The fraction of sp³-hybridized carbons (Fsp3) is 0.556. The summed E-state index contributed by atoms with van der Waals surface area (Å²) in [6.07, 6.45) is 2.42. The maximum Gasteiger partial charge on any atom is 0.307 e. The van der Waals surface area contributed by atoms with Crippen LogP contribution in [0.1, 0.15) is 31.2 Å². The van der Waals surface area contributed by atoms with Crippen molar-refractivity contribution in [3.63, 3.8) is 0 Å². The highest BCUT2D eigenvalue weighted by molar-refractivity contribution is 6.01.